The molecule has 1 fully saturated rings. The topological polar surface area (TPSA) is 12.0 Å². The molecule has 0 bridgehead atoms. The van der Waals surface area contributed by atoms with Crippen molar-refractivity contribution in [3.63, 3.8) is 0 Å². The quantitative estimate of drug-likeness (QED) is 0.782. The van der Waals surface area contributed by atoms with Gasteiger partial charge in [0.05, 0.1) is 0 Å². The molecule has 0 aromatic heterocycles. The predicted molar refractivity (Wildman–Crippen MR) is 81.7 cm³/mol. The Morgan fingerprint density at radius 1 is 1.32 bits per heavy atom. The average Bonchev–Trinajstić information content (AvgIpc) is 2.42. The van der Waals surface area contributed by atoms with Crippen LogP contribution in [0.2, 0.25) is 0 Å². The van der Waals surface area contributed by atoms with Gasteiger partial charge in [-0.05, 0) is 37.1 Å². The zero-order valence-corrected chi connectivity index (χ0v) is 13.2. The van der Waals surface area contributed by atoms with Gasteiger partial charge < -0.3 is 5.32 Å². The summed E-state index contributed by atoms with van der Waals surface area (Å²) in [7, 11) is 0. The molecule has 1 aliphatic carbocycles. The largest absolute Gasteiger partial charge is 0.310 e. The third-order valence-corrected chi connectivity index (χ3v) is 4.57. The molecule has 2 rings (SSSR count). The second-order valence-corrected chi connectivity index (χ2v) is 6.43. The zero-order chi connectivity index (χ0) is 13.7. The molecule has 0 amide bonds. The van der Waals surface area contributed by atoms with Crippen molar-refractivity contribution in [2.24, 2.45) is 5.92 Å². The Balaban J connectivity index is 2.11. The molecule has 19 heavy (non-hydrogen) atoms. The Morgan fingerprint density at radius 2 is 2.05 bits per heavy atom. The van der Waals surface area contributed by atoms with Crippen LogP contribution >= 0.6 is 15.9 Å². The highest BCUT2D eigenvalue weighted by molar-refractivity contribution is 9.10. The van der Waals surface area contributed by atoms with Gasteiger partial charge in [0.1, 0.15) is 5.82 Å². The maximum absolute atomic E-state index is 14.0. The Hall–Kier alpha value is -0.410. The number of hydrogen-bond acceptors (Lipinski definition) is 1. The number of benzene rings is 1. The molecule has 0 aliphatic heterocycles. The molecule has 1 aromatic rings. The van der Waals surface area contributed by atoms with Crippen LogP contribution in [-0.2, 0) is 0 Å². The van der Waals surface area contributed by atoms with Gasteiger partial charge in [0.25, 0.3) is 0 Å². The minimum Gasteiger partial charge on any atom is -0.310 e. The Labute approximate surface area is 124 Å². The fourth-order valence-corrected chi connectivity index (χ4v) is 3.48. The number of halogens is 2. The van der Waals surface area contributed by atoms with Crippen LogP contribution in [-0.4, -0.2) is 6.54 Å². The molecule has 1 atom stereocenters. The van der Waals surface area contributed by atoms with Crippen molar-refractivity contribution in [1.29, 1.82) is 0 Å². The summed E-state index contributed by atoms with van der Waals surface area (Å²) in [6.07, 6.45) is 7.71. The molecule has 0 heterocycles. The lowest BCUT2D eigenvalue weighted by Crippen LogP contribution is -2.25. The zero-order valence-electron chi connectivity index (χ0n) is 11.6. The predicted octanol–water partition coefficient (Wildman–Crippen LogP) is 5.21. The van der Waals surface area contributed by atoms with E-state index in [4.69, 9.17) is 0 Å². The van der Waals surface area contributed by atoms with Crippen LogP contribution in [0.1, 0.15) is 57.1 Å². The van der Waals surface area contributed by atoms with E-state index in [1.54, 1.807) is 12.1 Å². The summed E-state index contributed by atoms with van der Waals surface area (Å²) in [4.78, 5) is 0. The molecule has 0 spiro atoms. The fraction of sp³-hybridized carbons (Fsp3) is 0.625. The van der Waals surface area contributed by atoms with Crippen LogP contribution in [0.3, 0.4) is 0 Å². The van der Waals surface area contributed by atoms with E-state index in [1.807, 2.05) is 6.07 Å². The normalized spacial score (nSPS) is 18.5. The van der Waals surface area contributed by atoms with Crippen molar-refractivity contribution in [3.05, 3.63) is 34.1 Å². The molecular formula is C16H23BrFN. The van der Waals surface area contributed by atoms with E-state index in [9.17, 15) is 4.39 Å². The minimum atomic E-state index is -0.0926. The highest BCUT2D eigenvalue weighted by Gasteiger charge is 2.21. The van der Waals surface area contributed by atoms with Crippen molar-refractivity contribution in [1.82, 2.24) is 5.32 Å². The van der Waals surface area contributed by atoms with E-state index in [2.05, 4.69) is 28.2 Å². The van der Waals surface area contributed by atoms with Crippen molar-refractivity contribution >= 4 is 15.9 Å². The van der Waals surface area contributed by atoms with E-state index in [1.165, 1.54) is 32.1 Å². The molecule has 1 unspecified atom stereocenters. The fourth-order valence-electron chi connectivity index (χ4n) is 3.10. The molecule has 1 saturated carbocycles. The third kappa shape index (κ3) is 4.28. The van der Waals surface area contributed by atoms with Gasteiger partial charge in [-0.15, -0.1) is 0 Å². The average molecular weight is 328 g/mol. The first-order chi connectivity index (χ1) is 9.20. The van der Waals surface area contributed by atoms with Gasteiger partial charge in [-0.3, -0.25) is 0 Å². The Morgan fingerprint density at radius 3 is 2.74 bits per heavy atom. The second-order valence-electron chi connectivity index (χ2n) is 5.52. The lowest BCUT2D eigenvalue weighted by atomic mass is 9.83. The molecule has 1 nitrogen and oxygen atoms in total. The van der Waals surface area contributed by atoms with Crippen LogP contribution in [0.4, 0.5) is 4.39 Å². The highest BCUT2D eigenvalue weighted by Crippen LogP contribution is 2.33. The molecule has 1 aromatic carbocycles. The smallest absolute Gasteiger partial charge is 0.128 e. The van der Waals surface area contributed by atoms with E-state index in [-0.39, 0.29) is 11.9 Å². The second kappa shape index (κ2) is 7.39. The van der Waals surface area contributed by atoms with Gasteiger partial charge in [0.15, 0.2) is 0 Å². The minimum absolute atomic E-state index is 0.0926. The third-order valence-electron chi connectivity index (χ3n) is 4.08. The molecule has 0 radical (unpaired) electrons. The maximum Gasteiger partial charge on any atom is 0.128 e. The summed E-state index contributed by atoms with van der Waals surface area (Å²) in [5.74, 6) is 0.654. The monoisotopic (exact) mass is 327 g/mol. The summed E-state index contributed by atoms with van der Waals surface area (Å²) in [5.41, 5.74) is 0.807. The first-order valence-electron chi connectivity index (χ1n) is 7.39. The molecule has 3 heteroatoms. The maximum atomic E-state index is 14.0. The van der Waals surface area contributed by atoms with Gasteiger partial charge in [-0.2, -0.15) is 0 Å². The summed E-state index contributed by atoms with van der Waals surface area (Å²) in [5, 5.41) is 3.45. The Bertz CT molecular complexity index is 402. The first kappa shape index (κ1) is 15.0. The standard InChI is InChI=1S/C16H23BrFN/c1-2-19-16(10-12-6-4-3-5-7-12)14-11-13(17)8-9-15(14)18/h8-9,11-12,16,19H,2-7,10H2,1H3. The van der Waals surface area contributed by atoms with Gasteiger partial charge in [-0.25, -0.2) is 4.39 Å². The van der Waals surface area contributed by atoms with Gasteiger partial charge in [0.2, 0.25) is 0 Å². The SMILES string of the molecule is CCNC(CC1CCCCC1)c1cc(Br)ccc1F. The van der Waals surface area contributed by atoms with E-state index in [0.717, 1.165) is 28.9 Å². The van der Waals surface area contributed by atoms with E-state index in [0.29, 0.717) is 0 Å². The highest BCUT2D eigenvalue weighted by atomic mass is 79.9. The Kier molecular flexibility index (Phi) is 5.83. The van der Waals surface area contributed by atoms with Crippen LogP contribution in [0.5, 0.6) is 0 Å². The lowest BCUT2D eigenvalue weighted by Gasteiger charge is -2.27. The van der Waals surface area contributed by atoms with Crippen LogP contribution in [0.25, 0.3) is 0 Å². The molecule has 1 aliphatic rings. The van der Waals surface area contributed by atoms with E-state index < -0.39 is 0 Å². The molecule has 0 saturated heterocycles. The first-order valence-corrected chi connectivity index (χ1v) is 8.18. The van der Waals surface area contributed by atoms with Gasteiger partial charge in [-0.1, -0.05) is 55.0 Å². The van der Waals surface area contributed by atoms with Crippen molar-refractivity contribution in [2.45, 2.75) is 51.5 Å². The number of hydrogen-bond donors (Lipinski definition) is 1. The summed E-state index contributed by atoms with van der Waals surface area (Å²) in [6.45, 7) is 2.97. The lowest BCUT2D eigenvalue weighted by molar-refractivity contribution is 0.298. The van der Waals surface area contributed by atoms with Crippen LogP contribution < -0.4 is 5.32 Å². The number of nitrogens with one attached hydrogen (secondary N) is 1. The van der Waals surface area contributed by atoms with Crippen LogP contribution in [0.15, 0.2) is 22.7 Å². The van der Waals surface area contributed by atoms with Crippen LogP contribution in [0, 0.1) is 11.7 Å². The summed E-state index contributed by atoms with van der Waals surface area (Å²) < 4.78 is 15.0. The van der Waals surface area contributed by atoms with Gasteiger partial charge >= 0.3 is 0 Å². The molecular weight excluding hydrogens is 305 g/mol. The molecule has 106 valence electrons. The summed E-state index contributed by atoms with van der Waals surface area (Å²) in [6, 6.07) is 5.39. The van der Waals surface area contributed by atoms with Crippen molar-refractivity contribution < 1.29 is 4.39 Å². The molecule has 1 N–H and O–H groups in total. The van der Waals surface area contributed by atoms with E-state index >= 15 is 0 Å². The van der Waals surface area contributed by atoms with Crippen molar-refractivity contribution in [3.8, 4) is 0 Å². The number of rotatable bonds is 5. The summed E-state index contributed by atoms with van der Waals surface area (Å²) >= 11 is 3.45. The van der Waals surface area contributed by atoms with Gasteiger partial charge in [0, 0.05) is 16.1 Å². The van der Waals surface area contributed by atoms with Crippen molar-refractivity contribution in [2.75, 3.05) is 6.54 Å².